The Balaban J connectivity index is 1.94. The first kappa shape index (κ1) is 20.9. The van der Waals surface area contributed by atoms with E-state index in [4.69, 9.17) is 14.5 Å². The summed E-state index contributed by atoms with van der Waals surface area (Å²) < 4.78 is 13.0. The van der Waals surface area contributed by atoms with Gasteiger partial charge in [-0.3, -0.25) is 0 Å². The number of aromatic nitrogens is 2. The first-order chi connectivity index (χ1) is 14.0. The van der Waals surface area contributed by atoms with Gasteiger partial charge in [0.2, 0.25) is 0 Å². The van der Waals surface area contributed by atoms with Crippen LogP contribution in [0.15, 0.2) is 42.5 Å². The van der Waals surface area contributed by atoms with E-state index in [1.807, 2.05) is 44.2 Å². The highest BCUT2D eigenvalue weighted by Gasteiger charge is 2.15. The molecule has 0 saturated carbocycles. The van der Waals surface area contributed by atoms with Gasteiger partial charge < -0.3 is 14.0 Å². The van der Waals surface area contributed by atoms with Gasteiger partial charge >= 0.3 is 5.97 Å². The molecule has 3 aromatic rings. The maximum atomic E-state index is 12.1. The van der Waals surface area contributed by atoms with Crippen LogP contribution in [0.2, 0.25) is 0 Å². The van der Waals surface area contributed by atoms with Gasteiger partial charge in [0.25, 0.3) is 0 Å². The molecule has 0 atom stereocenters. The maximum absolute atomic E-state index is 12.1. The number of imidazole rings is 1. The molecule has 0 fully saturated rings. The Kier molecular flexibility index (Phi) is 6.91. The van der Waals surface area contributed by atoms with Gasteiger partial charge in [0.15, 0.2) is 0 Å². The van der Waals surface area contributed by atoms with Crippen molar-refractivity contribution in [3.8, 4) is 5.75 Å². The lowest BCUT2D eigenvalue weighted by molar-refractivity contribution is 0.0526. The summed E-state index contributed by atoms with van der Waals surface area (Å²) in [7, 11) is 0. The summed E-state index contributed by atoms with van der Waals surface area (Å²) in [5.41, 5.74) is 3.61. The second-order valence-electron chi connectivity index (χ2n) is 7.54. The van der Waals surface area contributed by atoms with Gasteiger partial charge in [0.1, 0.15) is 11.6 Å². The average molecular weight is 395 g/mol. The van der Waals surface area contributed by atoms with Crippen LogP contribution in [-0.2, 0) is 17.7 Å². The highest BCUT2D eigenvalue weighted by Crippen LogP contribution is 2.23. The number of nitrogens with zero attached hydrogens (tertiary/aromatic N) is 2. The van der Waals surface area contributed by atoms with Crippen molar-refractivity contribution in [2.45, 2.75) is 47.1 Å². The molecule has 0 amide bonds. The smallest absolute Gasteiger partial charge is 0.338 e. The van der Waals surface area contributed by atoms with Gasteiger partial charge in [0.05, 0.1) is 29.8 Å². The molecule has 1 aromatic heterocycles. The normalized spacial score (nSPS) is 11.2. The van der Waals surface area contributed by atoms with Gasteiger partial charge in [-0.25, -0.2) is 9.78 Å². The third-order valence-electron chi connectivity index (χ3n) is 4.87. The monoisotopic (exact) mass is 394 g/mol. The third kappa shape index (κ3) is 5.17. The van der Waals surface area contributed by atoms with E-state index in [0.29, 0.717) is 24.7 Å². The molecule has 5 heteroatoms. The fourth-order valence-corrected chi connectivity index (χ4v) is 3.35. The highest BCUT2D eigenvalue weighted by atomic mass is 16.5. The van der Waals surface area contributed by atoms with Gasteiger partial charge in [-0.1, -0.05) is 26.0 Å². The Labute approximate surface area is 172 Å². The van der Waals surface area contributed by atoms with Crippen molar-refractivity contribution in [2.24, 2.45) is 5.92 Å². The molecule has 0 spiro atoms. The number of hydrogen-bond donors (Lipinski definition) is 0. The minimum absolute atomic E-state index is 0.306. The van der Waals surface area contributed by atoms with Crippen LogP contribution in [0, 0.1) is 5.92 Å². The zero-order valence-electron chi connectivity index (χ0n) is 17.8. The van der Waals surface area contributed by atoms with E-state index in [0.717, 1.165) is 42.0 Å². The molecule has 2 aromatic carbocycles. The minimum Gasteiger partial charge on any atom is -0.494 e. The quantitative estimate of drug-likeness (QED) is 0.465. The van der Waals surface area contributed by atoms with Gasteiger partial charge in [-0.05, 0) is 62.1 Å². The lowest BCUT2D eigenvalue weighted by atomic mass is 10.1. The maximum Gasteiger partial charge on any atom is 0.338 e. The van der Waals surface area contributed by atoms with E-state index in [1.54, 1.807) is 0 Å². The molecule has 5 nitrogen and oxygen atoms in total. The molecule has 0 saturated heterocycles. The topological polar surface area (TPSA) is 53.4 Å². The zero-order valence-corrected chi connectivity index (χ0v) is 17.8. The first-order valence-electron chi connectivity index (χ1n) is 10.4. The van der Waals surface area contributed by atoms with E-state index in [-0.39, 0.29) is 5.97 Å². The van der Waals surface area contributed by atoms with Gasteiger partial charge in [-0.15, -0.1) is 0 Å². The molecular formula is C24H30N2O3. The average Bonchev–Trinajstić information content (AvgIpc) is 3.04. The molecule has 0 aliphatic carbocycles. The number of carbonyl (C=O) groups is 1. The van der Waals surface area contributed by atoms with Crippen LogP contribution in [0.25, 0.3) is 11.0 Å². The van der Waals surface area contributed by atoms with Gasteiger partial charge in [-0.2, -0.15) is 0 Å². The summed E-state index contributed by atoms with van der Waals surface area (Å²) in [4.78, 5) is 17.0. The number of rotatable bonds is 9. The molecular weight excluding hydrogens is 364 g/mol. The SMILES string of the molecule is CCOC(=O)c1ccc2c(c1)nc(Cc1ccc(OCC)cc1)n2CCC(C)C. The second kappa shape index (κ2) is 9.59. The van der Waals surface area contributed by atoms with Crippen molar-refractivity contribution in [1.29, 1.82) is 0 Å². The van der Waals surface area contributed by atoms with Crippen molar-refractivity contribution in [3.63, 3.8) is 0 Å². The standard InChI is InChI=1S/C24H30N2O3/c1-5-28-20-10-7-18(8-11-20)15-23-25-21-16-19(24(27)29-6-2)9-12-22(21)26(23)14-13-17(3)4/h7-12,16-17H,5-6,13-15H2,1-4H3. The summed E-state index contributed by atoms with van der Waals surface area (Å²) in [5.74, 6) is 2.18. The van der Waals surface area contributed by atoms with Crippen molar-refractivity contribution >= 4 is 17.0 Å². The summed E-state index contributed by atoms with van der Waals surface area (Å²) in [6.07, 6.45) is 1.80. The highest BCUT2D eigenvalue weighted by molar-refractivity contribution is 5.93. The van der Waals surface area contributed by atoms with Crippen molar-refractivity contribution in [2.75, 3.05) is 13.2 Å². The summed E-state index contributed by atoms with van der Waals surface area (Å²) >= 11 is 0. The predicted molar refractivity (Wildman–Crippen MR) is 116 cm³/mol. The van der Waals surface area contributed by atoms with Crippen LogP contribution in [-0.4, -0.2) is 28.7 Å². The molecule has 154 valence electrons. The van der Waals surface area contributed by atoms with Crippen LogP contribution < -0.4 is 4.74 Å². The van der Waals surface area contributed by atoms with Crippen LogP contribution >= 0.6 is 0 Å². The van der Waals surface area contributed by atoms with E-state index in [9.17, 15) is 4.79 Å². The van der Waals surface area contributed by atoms with Gasteiger partial charge in [0, 0.05) is 13.0 Å². The summed E-state index contributed by atoms with van der Waals surface area (Å²) in [5, 5.41) is 0. The third-order valence-corrected chi connectivity index (χ3v) is 4.87. The number of aryl methyl sites for hydroxylation is 1. The summed E-state index contributed by atoms with van der Waals surface area (Å²) in [6, 6.07) is 13.8. The molecule has 0 aliphatic heterocycles. The molecule has 3 rings (SSSR count). The number of esters is 1. The molecule has 0 N–H and O–H groups in total. The fraction of sp³-hybridized carbons (Fsp3) is 0.417. The van der Waals surface area contributed by atoms with Crippen LogP contribution in [0.4, 0.5) is 0 Å². The number of ether oxygens (including phenoxy) is 2. The Bertz CT molecular complexity index is 958. The molecule has 0 aliphatic rings. The predicted octanol–water partition coefficient (Wildman–Crippen LogP) is 5.25. The van der Waals surface area contributed by atoms with Crippen LogP contribution in [0.1, 0.15) is 55.9 Å². The molecule has 0 bridgehead atoms. The molecule has 0 unspecified atom stereocenters. The fourth-order valence-electron chi connectivity index (χ4n) is 3.35. The van der Waals surface area contributed by atoms with E-state index < -0.39 is 0 Å². The zero-order chi connectivity index (χ0) is 20.8. The molecule has 29 heavy (non-hydrogen) atoms. The van der Waals surface area contributed by atoms with Crippen molar-refractivity contribution in [1.82, 2.24) is 9.55 Å². The number of hydrogen-bond acceptors (Lipinski definition) is 4. The van der Waals surface area contributed by atoms with E-state index in [1.165, 1.54) is 5.56 Å². The Hall–Kier alpha value is -2.82. The first-order valence-corrected chi connectivity index (χ1v) is 10.4. The van der Waals surface area contributed by atoms with Crippen molar-refractivity contribution in [3.05, 3.63) is 59.4 Å². The Morgan fingerprint density at radius 3 is 2.48 bits per heavy atom. The Morgan fingerprint density at radius 2 is 1.83 bits per heavy atom. The van der Waals surface area contributed by atoms with Crippen molar-refractivity contribution < 1.29 is 14.3 Å². The summed E-state index contributed by atoms with van der Waals surface area (Å²) in [6.45, 7) is 10.2. The van der Waals surface area contributed by atoms with E-state index in [2.05, 4.69) is 30.5 Å². The lowest BCUT2D eigenvalue weighted by Crippen LogP contribution is -2.07. The number of carbonyl (C=O) groups excluding carboxylic acids is 1. The minimum atomic E-state index is -0.306. The lowest BCUT2D eigenvalue weighted by Gasteiger charge is -2.12. The van der Waals surface area contributed by atoms with E-state index >= 15 is 0 Å². The molecule has 0 radical (unpaired) electrons. The largest absolute Gasteiger partial charge is 0.494 e. The number of fused-ring (bicyclic) bond motifs is 1. The number of benzene rings is 2. The Morgan fingerprint density at radius 1 is 1.07 bits per heavy atom. The van der Waals surface area contributed by atoms with Crippen LogP contribution in [0.5, 0.6) is 5.75 Å². The van der Waals surface area contributed by atoms with Crippen LogP contribution in [0.3, 0.4) is 0 Å². The second-order valence-corrected chi connectivity index (χ2v) is 7.54. The molecule has 1 heterocycles.